The molecule has 5 N–H and O–H groups in total. The van der Waals surface area contributed by atoms with E-state index in [0.29, 0.717) is 56.9 Å². The van der Waals surface area contributed by atoms with E-state index in [4.69, 9.17) is 5.73 Å². The maximum Gasteiger partial charge on any atom is 0.239 e. The molecule has 0 saturated heterocycles. The molecule has 10 heteroatoms. The minimum absolute atomic E-state index is 0.143. The normalized spacial score (nSPS) is 22.3. The molecule has 1 aromatic rings. The molecule has 1 aliphatic carbocycles. The van der Waals surface area contributed by atoms with Crippen molar-refractivity contribution in [1.82, 2.24) is 15.5 Å². The monoisotopic (exact) mass is 606 g/mol. The van der Waals surface area contributed by atoms with Crippen LogP contribution in [0.4, 0.5) is 8.78 Å². The van der Waals surface area contributed by atoms with Gasteiger partial charge in [-0.25, -0.2) is 8.78 Å². The molecule has 0 fully saturated rings. The molecule has 1 aliphatic rings. The number of carbonyl (C=O) groups is 3. The van der Waals surface area contributed by atoms with E-state index < -0.39 is 40.0 Å². The summed E-state index contributed by atoms with van der Waals surface area (Å²) in [5.74, 6) is -2.62. The Balaban J connectivity index is 2.50. The molecule has 3 atom stereocenters. The van der Waals surface area contributed by atoms with Gasteiger partial charge in [0.25, 0.3) is 0 Å². The molecule has 0 aromatic heterocycles. The number of nitrogens with one attached hydrogen (secondary N) is 2. The van der Waals surface area contributed by atoms with Crippen molar-refractivity contribution >= 4 is 17.7 Å². The zero-order valence-electron chi connectivity index (χ0n) is 27.0. The Morgan fingerprint density at radius 2 is 1.70 bits per heavy atom. The van der Waals surface area contributed by atoms with Crippen LogP contribution in [0.3, 0.4) is 0 Å². The molecular weight excluding hydrogens is 554 g/mol. The molecule has 0 aliphatic heterocycles. The second kappa shape index (κ2) is 15.2. The van der Waals surface area contributed by atoms with E-state index >= 15 is 0 Å². The van der Waals surface area contributed by atoms with Gasteiger partial charge in [0.15, 0.2) is 0 Å². The number of hydrogen-bond donors (Lipinski definition) is 4. The summed E-state index contributed by atoms with van der Waals surface area (Å²) in [6, 6.07) is 2.95. The lowest BCUT2D eigenvalue weighted by Crippen LogP contribution is -2.62. The Morgan fingerprint density at radius 1 is 1.12 bits per heavy atom. The third-order valence-electron chi connectivity index (χ3n) is 8.29. The molecule has 43 heavy (non-hydrogen) atoms. The lowest BCUT2D eigenvalue weighted by Gasteiger charge is -2.50. The highest BCUT2D eigenvalue weighted by molar-refractivity contribution is 5.90. The van der Waals surface area contributed by atoms with Crippen molar-refractivity contribution in [2.24, 2.45) is 22.5 Å². The standard InChI is InChI=1S/C33H52F2N4O4/c1-8-13-39(14-9-2)30(43)32(11-10-12-38-31(6,7)29(42)37-21-22(3)4)18-23(5)19-33(27(32)40,28(36)41)20-24-15-25(34)17-26(35)16-24/h15-17,19,22,27,38,40H,8-14,18,20-21H2,1-7H3,(H2,36,41)(H,37,42)/t27-,32?,33-/m1/s1. The quantitative estimate of drug-likeness (QED) is 0.166. The molecule has 2 rings (SSSR count). The highest BCUT2D eigenvalue weighted by Crippen LogP contribution is 2.51. The predicted octanol–water partition coefficient (Wildman–Crippen LogP) is 4.25. The lowest BCUT2D eigenvalue weighted by molar-refractivity contribution is -0.162. The van der Waals surface area contributed by atoms with Gasteiger partial charge in [0.05, 0.1) is 22.5 Å². The fourth-order valence-electron chi connectivity index (χ4n) is 6.25. The van der Waals surface area contributed by atoms with Gasteiger partial charge in [-0.15, -0.1) is 0 Å². The number of hydrogen-bond acceptors (Lipinski definition) is 5. The number of allylic oxidation sites excluding steroid dienone is 1. The number of halogens is 2. The first kappa shape index (κ1) is 36.3. The summed E-state index contributed by atoms with van der Waals surface area (Å²) in [5, 5.41) is 18.4. The van der Waals surface area contributed by atoms with Crippen LogP contribution in [-0.4, -0.2) is 65.5 Å². The molecule has 8 nitrogen and oxygen atoms in total. The Morgan fingerprint density at radius 3 is 2.21 bits per heavy atom. The van der Waals surface area contributed by atoms with Crippen molar-refractivity contribution in [3.05, 3.63) is 47.0 Å². The first-order valence-electron chi connectivity index (χ1n) is 15.5. The van der Waals surface area contributed by atoms with Crippen LogP contribution >= 0.6 is 0 Å². The Kier molecular flexibility index (Phi) is 12.9. The topological polar surface area (TPSA) is 125 Å². The largest absolute Gasteiger partial charge is 0.391 e. The van der Waals surface area contributed by atoms with Crippen molar-refractivity contribution in [3.8, 4) is 0 Å². The Bertz CT molecular complexity index is 1150. The van der Waals surface area contributed by atoms with Gasteiger partial charge in [0.2, 0.25) is 17.7 Å². The molecule has 0 heterocycles. The summed E-state index contributed by atoms with van der Waals surface area (Å²) >= 11 is 0. The zero-order chi connectivity index (χ0) is 32.6. The molecule has 3 amide bonds. The van der Waals surface area contributed by atoms with Crippen LogP contribution < -0.4 is 16.4 Å². The van der Waals surface area contributed by atoms with E-state index in [0.717, 1.165) is 18.2 Å². The van der Waals surface area contributed by atoms with Gasteiger partial charge < -0.3 is 26.4 Å². The molecule has 1 aromatic carbocycles. The summed E-state index contributed by atoms with van der Waals surface area (Å²) in [5.41, 5.74) is 2.74. The minimum atomic E-state index is -1.77. The number of primary amides is 1. The third-order valence-corrected chi connectivity index (χ3v) is 8.29. The van der Waals surface area contributed by atoms with Crippen molar-refractivity contribution in [2.75, 3.05) is 26.2 Å². The van der Waals surface area contributed by atoms with Crippen LogP contribution in [0.25, 0.3) is 0 Å². The van der Waals surface area contributed by atoms with E-state index in [1.54, 1.807) is 31.7 Å². The van der Waals surface area contributed by atoms with Gasteiger partial charge in [0.1, 0.15) is 11.6 Å². The number of aliphatic hydroxyl groups excluding tert-OH is 1. The van der Waals surface area contributed by atoms with Crippen LogP contribution in [0.5, 0.6) is 0 Å². The fourth-order valence-corrected chi connectivity index (χ4v) is 6.25. The summed E-state index contributed by atoms with van der Waals surface area (Å²) in [7, 11) is 0. The zero-order valence-corrected chi connectivity index (χ0v) is 27.0. The number of benzene rings is 1. The SMILES string of the molecule is CCCN(CCC)C(=O)C1(CCCNC(C)(C)C(=O)NCC(C)C)CC(C)=C[C@](Cc2cc(F)cc(F)c2)(C(N)=O)[C@@H]1O. The van der Waals surface area contributed by atoms with Gasteiger partial charge in [-0.3, -0.25) is 14.4 Å². The molecule has 0 radical (unpaired) electrons. The Hall–Kier alpha value is -2.85. The summed E-state index contributed by atoms with van der Waals surface area (Å²) in [6.07, 6.45) is 1.96. The van der Waals surface area contributed by atoms with E-state index in [1.807, 2.05) is 27.7 Å². The number of amides is 3. The first-order chi connectivity index (χ1) is 20.0. The molecule has 0 bridgehead atoms. The van der Waals surface area contributed by atoms with Crippen molar-refractivity contribution in [3.63, 3.8) is 0 Å². The van der Waals surface area contributed by atoms with Crippen molar-refractivity contribution in [2.45, 2.75) is 98.6 Å². The number of aliphatic hydroxyl groups is 1. The molecular formula is C33H52F2N4O4. The molecule has 242 valence electrons. The lowest BCUT2D eigenvalue weighted by atomic mass is 9.57. The van der Waals surface area contributed by atoms with Gasteiger partial charge >= 0.3 is 0 Å². The number of carbonyl (C=O) groups excluding carboxylic acids is 3. The van der Waals surface area contributed by atoms with E-state index in [1.165, 1.54) is 0 Å². The van der Waals surface area contributed by atoms with E-state index in [-0.39, 0.29) is 36.6 Å². The molecule has 0 spiro atoms. The van der Waals surface area contributed by atoms with Gasteiger partial charge in [0, 0.05) is 25.7 Å². The van der Waals surface area contributed by atoms with Crippen LogP contribution in [0.15, 0.2) is 29.8 Å². The average Bonchev–Trinajstić information content (AvgIpc) is 2.90. The predicted molar refractivity (Wildman–Crippen MR) is 165 cm³/mol. The number of nitrogens with two attached hydrogens (primary N) is 1. The summed E-state index contributed by atoms with van der Waals surface area (Å²) < 4.78 is 28.3. The highest BCUT2D eigenvalue weighted by atomic mass is 19.1. The number of nitrogens with zero attached hydrogens (tertiary/aromatic N) is 1. The summed E-state index contributed by atoms with van der Waals surface area (Å²) in [4.78, 5) is 42.2. The maximum atomic E-state index is 14.5. The minimum Gasteiger partial charge on any atom is -0.391 e. The van der Waals surface area contributed by atoms with Crippen LogP contribution in [0, 0.1) is 28.4 Å². The number of rotatable bonds is 16. The third kappa shape index (κ3) is 8.85. The smallest absolute Gasteiger partial charge is 0.239 e. The second-order valence-electron chi connectivity index (χ2n) is 13.1. The maximum absolute atomic E-state index is 14.5. The van der Waals surface area contributed by atoms with E-state index in [2.05, 4.69) is 10.6 Å². The highest BCUT2D eigenvalue weighted by Gasteiger charge is 2.59. The molecule has 0 saturated carbocycles. The van der Waals surface area contributed by atoms with E-state index in [9.17, 15) is 28.3 Å². The first-order valence-corrected chi connectivity index (χ1v) is 15.5. The van der Waals surface area contributed by atoms with Gasteiger partial charge in [-0.1, -0.05) is 39.3 Å². The van der Waals surface area contributed by atoms with Crippen LogP contribution in [0.2, 0.25) is 0 Å². The summed E-state index contributed by atoms with van der Waals surface area (Å²) in [6.45, 7) is 15.2. The van der Waals surface area contributed by atoms with Crippen molar-refractivity contribution < 1.29 is 28.3 Å². The van der Waals surface area contributed by atoms with Crippen LogP contribution in [0.1, 0.15) is 86.1 Å². The second-order valence-corrected chi connectivity index (χ2v) is 13.1. The molecule has 1 unspecified atom stereocenters. The fraction of sp³-hybridized carbons (Fsp3) is 0.667. The van der Waals surface area contributed by atoms with Crippen LogP contribution in [-0.2, 0) is 20.8 Å². The van der Waals surface area contributed by atoms with Gasteiger partial charge in [-0.2, -0.15) is 0 Å². The van der Waals surface area contributed by atoms with Gasteiger partial charge in [-0.05, 0) is 89.5 Å². The average molecular weight is 607 g/mol. The van der Waals surface area contributed by atoms with Crippen molar-refractivity contribution in [1.29, 1.82) is 0 Å². The Labute approximate surface area is 255 Å².